The second kappa shape index (κ2) is 6.76. The molecule has 0 fully saturated rings. The smallest absolute Gasteiger partial charge is 0.253 e. The summed E-state index contributed by atoms with van der Waals surface area (Å²) in [6, 6.07) is 0. The number of carbonyl (C=O) groups is 3. The van der Waals surface area contributed by atoms with Gasteiger partial charge in [0.25, 0.3) is 11.8 Å². The molecule has 1 aliphatic heterocycles. The minimum Gasteiger partial charge on any atom is -0.370 e. The van der Waals surface area contributed by atoms with Crippen molar-refractivity contribution in [2.75, 3.05) is 6.54 Å². The molecule has 0 saturated heterocycles. The molecule has 0 bridgehead atoms. The van der Waals surface area contributed by atoms with Gasteiger partial charge in [-0.2, -0.15) is 0 Å². The number of amides is 3. The van der Waals surface area contributed by atoms with Crippen molar-refractivity contribution in [3.8, 4) is 0 Å². The van der Waals surface area contributed by atoms with Crippen molar-refractivity contribution >= 4 is 17.7 Å². The number of rotatable bonds is 6. The molecule has 5 nitrogen and oxygen atoms in total. The second-order valence-electron chi connectivity index (χ2n) is 3.44. The zero-order chi connectivity index (χ0) is 11.3. The summed E-state index contributed by atoms with van der Waals surface area (Å²) in [4.78, 5) is 33.8. The van der Waals surface area contributed by atoms with Gasteiger partial charge in [-0.15, -0.1) is 0 Å². The Kier molecular flexibility index (Phi) is 6.07. The van der Waals surface area contributed by atoms with Crippen LogP contribution in [-0.4, -0.2) is 29.2 Å². The molecule has 2 N–H and O–H groups in total. The van der Waals surface area contributed by atoms with E-state index in [0.717, 1.165) is 6.42 Å². The third-order valence-corrected chi connectivity index (χ3v) is 2.21. The van der Waals surface area contributed by atoms with E-state index in [9.17, 15) is 14.4 Å². The number of unbranched alkanes of at least 4 members (excludes halogenated alkanes) is 2. The number of primary amides is 1. The first-order chi connectivity index (χ1) is 7.11. The molecule has 16 heavy (non-hydrogen) atoms. The summed E-state index contributed by atoms with van der Waals surface area (Å²) in [6.45, 7) is 0.420. The molecule has 0 unspecified atom stereocenters. The zero-order valence-corrected chi connectivity index (χ0v) is 8.44. The first-order valence-corrected chi connectivity index (χ1v) is 4.93. The van der Waals surface area contributed by atoms with Crippen LogP contribution in [0.2, 0.25) is 0 Å². The van der Waals surface area contributed by atoms with Crippen molar-refractivity contribution in [2.45, 2.75) is 33.1 Å². The van der Waals surface area contributed by atoms with Gasteiger partial charge < -0.3 is 5.73 Å². The highest BCUT2D eigenvalue weighted by Crippen LogP contribution is 2.07. The molecule has 0 saturated carbocycles. The molecule has 0 spiro atoms. The van der Waals surface area contributed by atoms with Crippen molar-refractivity contribution in [3.63, 3.8) is 0 Å². The van der Waals surface area contributed by atoms with Gasteiger partial charge in [0.15, 0.2) is 0 Å². The minimum absolute atomic E-state index is 0. The molecular weight excluding hydrogens is 208 g/mol. The Bertz CT molecular complexity index is 292. The van der Waals surface area contributed by atoms with Crippen LogP contribution in [0.5, 0.6) is 0 Å². The molecule has 0 atom stereocenters. The Labute approximate surface area is 95.3 Å². The van der Waals surface area contributed by atoms with Crippen molar-refractivity contribution in [2.24, 2.45) is 5.73 Å². The molecule has 1 heterocycles. The van der Waals surface area contributed by atoms with Gasteiger partial charge >= 0.3 is 0 Å². The van der Waals surface area contributed by atoms with E-state index >= 15 is 0 Å². The van der Waals surface area contributed by atoms with E-state index in [-0.39, 0.29) is 25.1 Å². The lowest BCUT2D eigenvalue weighted by atomic mass is 10.2. The summed E-state index contributed by atoms with van der Waals surface area (Å²) in [5, 5.41) is 0. The van der Waals surface area contributed by atoms with Crippen LogP contribution < -0.4 is 5.73 Å². The van der Waals surface area contributed by atoms with Crippen LogP contribution in [-0.2, 0) is 14.4 Å². The number of hydrogen-bond acceptors (Lipinski definition) is 3. The minimum atomic E-state index is -0.315. The zero-order valence-electron chi connectivity index (χ0n) is 8.44. The maximum Gasteiger partial charge on any atom is 0.253 e. The van der Waals surface area contributed by atoms with E-state index < -0.39 is 0 Å². The second-order valence-corrected chi connectivity index (χ2v) is 3.44. The summed E-state index contributed by atoms with van der Waals surface area (Å²) in [5.74, 6) is -0.824. The van der Waals surface area contributed by atoms with Crippen LogP contribution in [0, 0.1) is 0 Å². The van der Waals surface area contributed by atoms with Gasteiger partial charge in [-0.05, 0) is 12.8 Å². The average molecular weight is 226 g/mol. The molecule has 0 aliphatic carbocycles. The van der Waals surface area contributed by atoms with E-state index in [1.807, 2.05) is 0 Å². The molecule has 1 rings (SSSR count). The molecule has 0 aromatic heterocycles. The molecule has 5 heteroatoms. The van der Waals surface area contributed by atoms with Gasteiger partial charge in [-0.1, -0.05) is 13.8 Å². The van der Waals surface area contributed by atoms with E-state index in [1.54, 1.807) is 0 Å². The van der Waals surface area contributed by atoms with Gasteiger partial charge in [-0.3, -0.25) is 19.3 Å². The average Bonchev–Trinajstić information content (AvgIpc) is 2.47. The number of imide groups is 1. The standard InChI is InChI=1S/C10H14N2O3.CH4/c11-8(13)4-2-1-3-7-12-9(14)5-6-10(12)15;/h5-6H,1-4,7H2,(H2,11,13);1H4. The van der Waals surface area contributed by atoms with E-state index in [1.165, 1.54) is 17.1 Å². The topological polar surface area (TPSA) is 80.5 Å². The number of nitrogens with two attached hydrogens (primary N) is 1. The lowest BCUT2D eigenvalue weighted by Gasteiger charge is -2.12. The summed E-state index contributed by atoms with van der Waals surface area (Å²) >= 11 is 0. The molecule has 1 aliphatic rings. The third-order valence-electron chi connectivity index (χ3n) is 2.21. The van der Waals surface area contributed by atoms with Crippen molar-refractivity contribution in [1.29, 1.82) is 0 Å². The maximum absolute atomic E-state index is 11.1. The highest BCUT2D eigenvalue weighted by molar-refractivity contribution is 6.12. The SMILES string of the molecule is C.NC(=O)CCCCCN1C(=O)C=CC1=O. The predicted molar refractivity (Wildman–Crippen MR) is 60.3 cm³/mol. The van der Waals surface area contributed by atoms with Crippen LogP contribution in [0.4, 0.5) is 0 Å². The monoisotopic (exact) mass is 226 g/mol. The lowest BCUT2D eigenvalue weighted by Crippen LogP contribution is -2.30. The Morgan fingerprint density at radius 3 is 2.19 bits per heavy atom. The predicted octanol–water partition coefficient (Wildman–Crippen LogP) is 0.593. The van der Waals surface area contributed by atoms with E-state index in [0.29, 0.717) is 25.8 Å². The molecule has 0 aromatic carbocycles. The molecule has 3 amide bonds. The largest absolute Gasteiger partial charge is 0.370 e. The van der Waals surface area contributed by atoms with Gasteiger partial charge in [0.05, 0.1) is 0 Å². The summed E-state index contributed by atoms with van der Waals surface area (Å²) in [7, 11) is 0. The van der Waals surface area contributed by atoms with Crippen molar-refractivity contribution in [1.82, 2.24) is 4.90 Å². The maximum atomic E-state index is 11.1. The third kappa shape index (κ3) is 4.25. The number of carbonyl (C=O) groups excluding carboxylic acids is 3. The van der Waals surface area contributed by atoms with Crippen molar-refractivity contribution < 1.29 is 14.4 Å². The molecule has 90 valence electrons. The summed E-state index contributed by atoms with van der Waals surface area (Å²) in [6.07, 6.45) is 5.11. The van der Waals surface area contributed by atoms with E-state index in [2.05, 4.69) is 0 Å². The van der Waals surface area contributed by atoms with Crippen LogP contribution in [0.25, 0.3) is 0 Å². The highest BCUT2D eigenvalue weighted by Gasteiger charge is 2.21. The van der Waals surface area contributed by atoms with Gasteiger partial charge in [0, 0.05) is 25.1 Å². The van der Waals surface area contributed by atoms with Crippen molar-refractivity contribution in [3.05, 3.63) is 12.2 Å². The van der Waals surface area contributed by atoms with Gasteiger partial charge in [-0.25, -0.2) is 0 Å². The number of hydrogen-bond donors (Lipinski definition) is 1. The molecule has 0 radical (unpaired) electrons. The summed E-state index contributed by atoms with van der Waals surface area (Å²) < 4.78 is 0. The Balaban J connectivity index is 0.00000225. The highest BCUT2D eigenvalue weighted by atomic mass is 16.2. The Morgan fingerprint density at radius 1 is 1.12 bits per heavy atom. The molecular formula is C11H18N2O3. The van der Waals surface area contributed by atoms with Crippen LogP contribution >= 0.6 is 0 Å². The van der Waals surface area contributed by atoms with Crippen LogP contribution in [0.15, 0.2) is 12.2 Å². The van der Waals surface area contributed by atoms with E-state index in [4.69, 9.17) is 5.73 Å². The fourth-order valence-electron chi connectivity index (χ4n) is 1.40. The lowest BCUT2D eigenvalue weighted by molar-refractivity contribution is -0.136. The normalized spacial score (nSPS) is 14.1. The first-order valence-electron chi connectivity index (χ1n) is 4.93. The number of nitrogens with zero attached hydrogens (tertiary/aromatic N) is 1. The first kappa shape index (κ1) is 14.3. The van der Waals surface area contributed by atoms with Gasteiger partial charge in [0.1, 0.15) is 0 Å². The van der Waals surface area contributed by atoms with Crippen LogP contribution in [0.1, 0.15) is 33.1 Å². The quantitative estimate of drug-likeness (QED) is 0.531. The fourth-order valence-corrected chi connectivity index (χ4v) is 1.40. The fraction of sp³-hybridized carbons (Fsp3) is 0.545. The van der Waals surface area contributed by atoms with Crippen LogP contribution in [0.3, 0.4) is 0 Å². The van der Waals surface area contributed by atoms with Gasteiger partial charge in [0.2, 0.25) is 5.91 Å². The summed E-state index contributed by atoms with van der Waals surface area (Å²) in [5.41, 5.74) is 4.97. The Morgan fingerprint density at radius 2 is 1.69 bits per heavy atom. The Hall–Kier alpha value is -1.65. The molecule has 0 aromatic rings.